The zero-order valence-corrected chi connectivity index (χ0v) is 17.8. The molecule has 0 spiro atoms. The molecule has 1 radical (unpaired) electrons. The Bertz CT molecular complexity index is 1260. The second kappa shape index (κ2) is 9.32. The predicted molar refractivity (Wildman–Crippen MR) is 135 cm³/mol. The summed E-state index contributed by atoms with van der Waals surface area (Å²) in [6.07, 6.45) is 0. The molecule has 0 fully saturated rings. The van der Waals surface area contributed by atoms with Crippen LogP contribution in [0.15, 0.2) is 140 Å². The molecule has 0 saturated carbocycles. The Morgan fingerprint density at radius 3 is 1.09 bits per heavy atom. The van der Waals surface area contributed by atoms with Gasteiger partial charge in [-0.1, -0.05) is 140 Å². The lowest BCUT2D eigenvalue weighted by molar-refractivity contribution is 1.50. The largest absolute Gasteiger partial charge is 0.0622 e. The van der Waals surface area contributed by atoms with E-state index >= 15 is 0 Å². The molecule has 0 aliphatic rings. The molecule has 0 amide bonds. The van der Waals surface area contributed by atoms with Crippen molar-refractivity contribution in [3.05, 3.63) is 168 Å². The molecular weight excluding hydrogens is 384 g/mol. The topological polar surface area (TPSA) is 0 Å². The van der Waals surface area contributed by atoms with Crippen LogP contribution in [0.25, 0.3) is 22.3 Å². The Kier molecular flexibility index (Phi) is 5.76. The van der Waals surface area contributed by atoms with Crippen LogP contribution in [0.4, 0.5) is 0 Å². The summed E-state index contributed by atoms with van der Waals surface area (Å²) in [6, 6.07) is 52.1. The van der Waals surface area contributed by atoms with Crippen molar-refractivity contribution in [2.75, 3.05) is 0 Å². The Labute approximate surface area is 190 Å². The maximum absolute atomic E-state index is 3.10. The van der Waals surface area contributed by atoms with Gasteiger partial charge in [0.1, 0.15) is 0 Å². The summed E-state index contributed by atoms with van der Waals surface area (Å²) in [5.41, 5.74) is 9.70. The molecule has 32 heavy (non-hydrogen) atoms. The van der Waals surface area contributed by atoms with E-state index in [1.54, 1.807) is 0 Å². The van der Waals surface area contributed by atoms with Crippen LogP contribution >= 0.6 is 0 Å². The molecule has 0 N–H and O–H groups in total. The Morgan fingerprint density at radius 2 is 0.688 bits per heavy atom. The second-order valence-corrected chi connectivity index (χ2v) is 7.71. The van der Waals surface area contributed by atoms with Gasteiger partial charge in [-0.3, -0.25) is 0 Å². The zero-order chi connectivity index (χ0) is 21.6. The molecule has 0 unspecified atom stereocenters. The standard InChI is InChI=1S/C32H23/c1-5-13-25(14-6-1)26-21-23-30(24-22-26)32(29-19-11-4-12-20-29)31(27-15-7-2-8-16-27)28-17-9-3-10-18-28/h2-24H. The van der Waals surface area contributed by atoms with Gasteiger partial charge in [0.15, 0.2) is 0 Å². The van der Waals surface area contributed by atoms with Crippen LogP contribution in [0, 0.1) is 6.07 Å². The number of hydrogen-bond acceptors (Lipinski definition) is 0. The molecule has 0 nitrogen and oxygen atoms in total. The van der Waals surface area contributed by atoms with Crippen molar-refractivity contribution in [1.82, 2.24) is 0 Å². The van der Waals surface area contributed by atoms with E-state index in [0.29, 0.717) is 0 Å². The van der Waals surface area contributed by atoms with Crippen LogP contribution in [0.1, 0.15) is 22.3 Å². The molecule has 0 bridgehead atoms. The van der Waals surface area contributed by atoms with Gasteiger partial charge in [0.2, 0.25) is 0 Å². The summed E-state index contributed by atoms with van der Waals surface area (Å²) in [6.45, 7) is 0. The number of hydrogen-bond donors (Lipinski definition) is 0. The third-order valence-corrected chi connectivity index (χ3v) is 5.66. The quantitative estimate of drug-likeness (QED) is 0.258. The molecule has 0 aliphatic carbocycles. The van der Waals surface area contributed by atoms with Gasteiger partial charge in [-0.2, -0.15) is 0 Å². The third kappa shape index (κ3) is 4.17. The Balaban J connectivity index is 1.76. The smallest absolute Gasteiger partial charge is 0.00268 e. The van der Waals surface area contributed by atoms with Crippen molar-refractivity contribution in [1.29, 1.82) is 0 Å². The highest BCUT2D eigenvalue weighted by Gasteiger charge is 2.16. The first-order valence-electron chi connectivity index (χ1n) is 10.9. The van der Waals surface area contributed by atoms with E-state index in [1.165, 1.54) is 44.5 Å². The summed E-state index contributed by atoms with van der Waals surface area (Å²) >= 11 is 0. The second-order valence-electron chi connectivity index (χ2n) is 7.71. The van der Waals surface area contributed by atoms with Gasteiger partial charge in [0, 0.05) is 0 Å². The first-order chi connectivity index (χ1) is 15.9. The number of benzene rings is 5. The lowest BCUT2D eigenvalue weighted by atomic mass is 9.85. The number of rotatable bonds is 5. The van der Waals surface area contributed by atoms with E-state index in [2.05, 4.69) is 133 Å². The molecule has 0 heterocycles. The van der Waals surface area contributed by atoms with E-state index in [4.69, 9.17) is 0 Å². The molecule has 0 heteroatoms. The van der Waals surface area contributed by atoms with Crippen LogP contribution < -0.4 is 0 Å². The highest BCUT2D eigenvalue weighted by Crippen LogP contribution is 2.37. The van der Waals surface area contributed by atoms with Crippen molar-refractivity contribution >= 4 is 11.1 Å². The van der Waals surface area contributed by atoms with Crippen molar-refractivity contribution in [3.63, 3.8) is 0 Å². The fourth-order valence-corrected chi connectivity index (χ4v) is 4.13. The Morgan fingerprint density at radius 1 is 0.344 bits per heavy atom. The van der Waals surface area contributed by atoms with Crippen LogP contribution in [0.2, 0.25) is 0 Å². The Hall–Kier alpha value is -4.16. The fourth-order valence-electron chi connectivity index (χ4n) is 4.13. The average Bonchev–Trinajstić information content (AvgIpc) is 2.89. The normalized spacial score (nSPS) is 10.5. The van der Waals surface area contributed by atoms with E-state index in [1.807, 2.05) is 12.1 Å². The molecule has 0 aromatic heterocycles. The van der Waals surface area contributed by atoms with E-state index in [9.17, 15) is 0 Å². The minimum Gasteiger partial charge on any atom is -0.0622 e. The maximum Gasteiger partial charge on any atom is -0.00268 e. The summed E-state index contributed by atoms with van der Waals surface area (Å²) < 4.78 is 0. The molecule has 0 aliphatic heterocycles. The van der Waals surface area contributed by atoms with Gasteiger partial charge in [-0.25, -0.2) is 0 Å². The molecule has 5 aromatic rings. The van der Waals surface area contributed by atoms with Gasteiger partial charge >= 0.3 is 0 Å². The fraction of sp³-hybridized carbons (Fsp3) is 0. The summed E-state index contributed by atoms with van der Waals surface area (Å²) in [7, 11) is 0. The minimum atomic E-state index is 1.20. The van der Waals surface area contributed by atoms with Crippen LogP contribution in [0.5, 0.6) is 0 Å². The molecular formula is C32H23. The molecule has 5 rings (SSSR count). The highest BCUT2D eigenvalue weighted by atomic mass is 14.2. The minimum absolute atomic E-state index is 1.20. The van der Waals surface area contributed by atoms with Crippen molar-refractivity contribution in [2.24, 2.45) is 0 Å². The first kappa shape index (κ1) is 19.8. The SMILES string of the molecule is [c]1ccc(-c2ccc(C(=C(c3ccccc3)c3ccccc3)c3ccccc3)cc2)cc1. The summed E-state index contributed by atoms with van der Waals surface area (Å²) in [5.74, 6) is 0. The third-order valence-electron chi connectivity index (χ3n) is 5.66. The molecule has 151 valence electrons. The highest BCUT2D eigenvalue weighted by molar-refractivity contribution is 6.04. The molecule has 0 saturated heterocycles. The van der Waals surface area contributed by atoms with E-state index < -0.39 is 0 Å². The van der Waals surface area contributed by atoms with Crippen molar-refractivity contribution in [2.45, 2.75) is 0 Å². The molecule has 0 atom stereocenters. The zero-order valence-electron chi connectivity index (χ0n) is 17.8. The van der Waals surface area contributed by atoms with Crippen LogP contribution in [-0.2, 0) is 0 Å². The van der Waals surface area contributed by atoms with E-state index in [0.717, 1.165) is 0 Å². The maximum atomic E-state index is 3.10. The monoisotopic (exact) mass is 407 g/mol. The van der Waals surface area contributed by atoms with Gasteiger partial charge in [0.25, 0.3) is 0 Å². The lowest BCUT2D eigenvalue weighted by Gasteiger charge is -2.18. The first-order valence-corrected chi connectivity index (χ1v) is 10.9. The van der Waals surface area contributed by atoms with Gasteiger partial charge in [-0.15, -0.1) is 0 Å². The van der Waals surface area contributed by atoms with Crippen molar-refractivity contribution in [3.8, 4) is 11.1 Å². The van der Waals surface area contributed by atoms with E-state index in [-0.39, 0.29) is 0 Å². The predicted octanol–water partition coefficient (Wildman–Crippen LogP) is 8.16. The lowest BCUT2D eigenvalue weighted by Crippen LogP contribution is -1.97. The summed E-state index contributed by atoms with van der Waals surface area (Å²) in [5, 5.41) is 0. The van der Waals surface area contributed by atoms with Crippen LogP contribution in [-0.4, -0.2) is 0 Å². The van der Waals surface area contributed by atoms with Crippen LogP contribution in [0.3, 0.4) is 0 Å². The van der Waals surface area contributed by atoms with Gasteiger partial charge < -0.3 is 0 Å². The van der Waals surface area contributed by atoms with Gasteiger partial charge in [-0.05, 0) is 50.6 Å². The molecule has 5 aromatic carbocycles. The van der Waals surface area contributed by atoms with Gasteiger partial charge in [0.05, 0.1) is 0 Å². The average molecular weight is 408 g/mol. The summed E-state index contributed by atoms with van der Waals surface area (Å²) in [4.78, 5) is 0. The van der Waals surface area contributed by atoms with Crippen molar-refractivity contribution < 1.29 is 0 Å².